The fourth-order valence-corrected chi connectivity index (χ4v) is 3.63. The average Bonchev–Trinajstić information content (AvgIpc) is 3.18. The quantitative estimate of drug-likeness (QED) is 0.464. The summed E-state index contributed by atoms with van der Waals surface area (Å²) in [6.07, 6.45) is 1.92. The van der Waals surface area contributed by atoms with Crippen LogP contribution in [0, 0.1) is 5.82 Å². The summed E-state index contributed by atoms with van der Waals surface area (Å²) in [6.45, 7) is 2.37. The largest absolute Gasteiger partial charge is 0.478 e. The zero-order valence-electron chi connectivity index (χ0n) is 16.9. The second-order valence-electron chi connectivity index (χ2n) is 7.44. The van der Waals surface area contributed by atoms with E-state index in [0.717, 1.165) is 22.0 Å². The number of benzene rings is 3. The number of para-hydroxylation sites is 1. The Labute approximate surface area is 178 Å². The lowest BCUT2D eigenvalue weighted by molar-refractivity contribution is 0.0696. The first-order valence-electron chi connectivity index (χ1n) is 9.89. The number of carboxylic acids is 1. The van der Waals surface area contributed by atoms with E-state index in [1.165, 1.54) is 24.3 Å². The summed E-state index contributed by atoms with van der Waals surface area (Å²) in [5.74, 6) is -1.50. The molecule has 31 heavy (non-hydrogen) atoms. The molecule has 0 saturated carbocycles. The van der Waals surface area contributed by atoms with Crippen LogP contribution in [0.2, 0.25) is 0 Å². The van der Waals surface area contributed by atoms with Crippen molar-refractivity contribution in [2.24, 2.45) is 0 Å². The van der Waals surface area contributed by atoms with Crippen LogP contribution in [0.3, 0.4) is 0 Å². The number of hydrogen-bond acceptors (Lipinski definition) is 2. The molecule has 6 heteroatoms. The summed E-state index contributed by atoms with van der Waals surface area (Å²) in [5.41, 5.74) is 3.29. The Morgan fingerprint density at radius 3 is 2.39 bits per heavy atom. The maximum Gasteiger partial charge on any atom is 0.335 e. The van der Waals surface area contributed by atoms with E-state index >= 15 is 0 Å². The van der Waals surface area contributed by atoms with Crippen molar-refractivity contribution in [1.82, 2.24) is 9.88 Å². The second kappa shape index (κ2) is 8.44. The van der Waals surface area contributed by atoms with Gasteiger partial charge >= 0.3 is 5.97 Å². The van der Waals surface area contributed by atoms with Crippen molar-refractivity contribution in [3.63, 3.8) is 0 Å². The molecule has 4 rings (SSSR count). The Morgan fingerprint density at radius 2 is 1.71 bits per heavy atom. The van der Waals surface area contributed by atoms with Gasteiger partial charge in [0.2, 0.25) is 0 Å². The SMILES string of the molecule is C[C@H](NC(=O)c1cccc2ccn(Cc3ccc(F)cc3)c12)c1ccc(C(=O)O)cc1. The number of nitrogens with zero attached hydrogens (tertiary/aromatic N) is 1. The minimum atomic E-state index is -0.989. The van der Waals surface area contributed by atoms with Gasteiger partial charge in [0.05, 0.1) is 22.7 Å². The molecule has 3 aromatic carbocycles. The van der Waals surface area contributed by atoms with Gasteiger partial charge in [0, 0.05) is 18.1 Å². The van der Waals surface area contributed by atoms with Crippen molar-refractivity contribution in [1.29, 1.82) is 0 Å². The highest BCUT2D eigenvalue weighted by Crippen LogP contribution is 2.23. The van der Waals surface area contributed by atoms with E-state index in [2.05, 4.69) is 5.32 Å². The third kappa shape index (κ3) is 4.33. The van der Waals surface area contributed by atoms with E-state index in [9.17, 15) is 14.0 Å². The Hall–Kier alpha value is -3.93. The number of fused-ring (bicyclic) bond motifs is 1. The Balaban J connectivity index is 1.59. The third-order valence-electron chi connectivity index (χ3n) is 5.30. The van der Waals surface area contributed by atoms with Gasteiger partial charge in [-0.25, -0.2) is 9.18 Å². The van der Waals surface area contributed by atoms with Crippen LogP contribution in [-0.2, 0) is 6.54 Å². The molecule has 0 radical (unpaired) electrons. The number of carbonyl (C=O) groups excluding carboxylic acids is 1. The first-order valence-corrected chi connectivity index (χ1v) is 9.89. The van der Waals surface area contributed by atoms with Gasteiger partial charge in [-0.1, -0.05) is 36.4 Å². The zero-order valence-corrected chi connectivity index (χ0v) is 16.9. The van der Waals surface area contributed by atoms with Crippen LogP contribution >= 0.6 is 0 Å². The van der Waals surface area contributed by atoms with Crippen LogP contribution in [0.1, 0.15) is 44.8 Å². The molecule has 1 aromatic heterocycles. The molecule has 0 aliphatic carbocycles. The molecule has 0 unspecified atom stereocenters. The summed E-state index contributed by atoms with van der Waals surface area (Å²) in [7, 11) is 0. The van der Waals surface area contributed by atoms with Crippen molar-refractivity contribution in [3.05, 3.63) is 107 Å². The molecule has 4 aromatic rings. The van der Waals surface area contributed by atoms with Crippen molar-refractivity contribution in [2.45, 2.75) is 19.5 Å². The van der Waals surface area contributed by atoms with Gasteiger partial charge in [-0.2, -0.15) is 0 Å². The van der Waals surface area contributed by atoms with Crippen LogP contribution in [-0.4, -0.2) is 21.6 Å². The zero-order chi connectivity index (χ0) is 22.0. The number of nitrogens with one attached hydrogen (secondary N) is 1. The lowest BCUT2D eigenvalue weighted by Gasteiger charge is -2.16. The van der Waals surface area contributed by atoms with E-state index in [4.69, 9.17) is 5.11 Å². The topological polar surface area (TPSA) is 71.3 Å². The molecule has 0 saturated heterocycles. The summed E-state index contributed by atoms with van der Waals surface area (Å²) >= 11 is 0. The molecular formula is C25H21FN2O3. The third-order valence-corrected chi connectivity index (χ3v) is 5.30. The van der Waals surface area contributed by atoms with Crippen LogP contribution in [0.4, 0.5) is 4.39 Å². The van der Waals surface area contributed by atoms with Crippen molar-refractivity contribution < 1.29 is 19.1 Å². The van der Waals surface area contributed by atoms with E-state index in [1.54, 1.807) is 30.3 Å². The average molecular weight is 416 g/mol. The molecule has 0 fully saturated rings. The molecule has 5 nitrogen and oxygen atoms in total. The fraction of sp³-hybridized carbons (Fsp3) is 0.120. The highest BCUT2D eigenvalue weighted by Gasteiger charge is 2.17. The number of carboxylic acid groups (broad SMARTS) is 1. The summed E-state index contributed by atoms with van der Waals surface area (Å²) in [6, 6.07) is 20.0. The van der Waals surface area contributed by atoms with Gasteiger partial charge < -0.3 is 15.0 Å². The monoisotopic (exact) mass is 416 g/mol. The van der Waals surface area contributed by atoms with Gasteiger partial charge in [-0.15, -0.1) is 0 Å². The minimum absolute atomic E-state index is 0.200. The Bertz CT molecular complexity index is 1240. The molecule has 0 spiro atoms. The van der Waals surface area contributed by atoms with Gasteiger partial charge in [0.15, 0.2) is 0 Å². The number of aromatic carboxylic acids is 1. The molecule has 0 bridgehead atoms. The number of aromatic nitrogens is 1. The number of hydrogen-bond donors (Lipinski definition) is 2. The standard InChI is InChI=1S/C25H21FN2O3/c1-16(18-7-9-20(10-8-18)25(30)31)27-24(29)22-4-2-3-19-13-14-28(23(19)22)15-17-5-11-21(26)12-6-17/h2-14,16H,15H2,1H3,(H,27,29)(H,30,31)/t16-/m0/s1. The molecule has 1 heterocycles. The smallest absolute Gasteiger partial charge is 0.335 e. The first kappa shape index (κ1) is 20.3. The maximum absolute atomic E-state index is 13.2. The first-order chi connectivity index (χ1) is 14.9. The molecular weight excluding hydrogens is 395 g/mol. The molecule has 0 aliphatic heterocycles. The maximum atomic E-state index is 13.2. The van der Waals surface area contributed by atoms with E-state index in [0.29, 0.717) is 12.1 Å². The number of amides is 1. The molecule has 1 amide bonds. The van der Waals surface area contributed by atoms with Crippen LogP contribution < -0.4 is 5.32 Å². The predicted octanol–water partition coefficient (Wildman–Crippen LogP) is 5.02. The van der Waals surface area contributed by atoms with E-state index in [-0.39, 0.29) is 23.3 Å². The number of halogens is 1. The molecule has 0 aliphatic rings. The van der Waals surface area contributed by atoms with Gasteiger partial charge in [-0.3, -0.25) is 4.79 Å². The van der Waals surface area contributed by atoms with Gasteiger partial charge in [0.25, 0.3) is 5.91 Å². The molecule has 156 valence electrons. The predicted molar refractivity (Wildman–Crippen MR) is 117 cm³/mol. The van der Waals surface area contributed by atoms with Gasteiger partial charge in [-0.05, 0) is 54.4 Å². The van der Waals surface area contributed by atoms with Crippen molar-refractivity contribution in [2.75, 3.05) is 0 Å². The van der Waals surface area contributed by atoms with Crippen molar-refractivity contribution in [3.8, 4) is 0 Å². The van der Waals surface area contributed by atoms with Gasteiger partial charge in [0.1, 0.15) is 5.82 Å². The highest BCUT2D eigenvalue weighted by molar-refractivity contribution is 6.06. The lowest BCUT2D eigenvalue weighted by atomic mass is 10.0. The number of carbonyl (C=O) groups is 2. The lowest BCUT2D eigenvalue weighted by Crippen LogP contribution is -2.27. The molecule has 1 atom stereocenters. The number of rotatable bonds is 6. The van der Waals surface area contributed by atoms with Crippen LogP contribution in [0.15, 0.2) is 79.0 Å². The van der Waals surface area contributed by atoms with E-state index in [1.807, 2.05) is 35.9 Å². The highest BCUT2D eigenvalue weighted by atomic mass is 19.1. The van der Waals surface area contributed by atoms with Crippen LogP contribution in [0.25, 0.3) is 10.9 Å². The summed E-state index contributed by atoms with van der Waals surface area (Å²) < 4.78 is 15.2. The summed E-state index contributed by atoms with van der Waals surface area (Å²) in [5, 5.41) is 13.0. The van der Waals surface area contributed by atoms with E-state index < -0.39 is 5.97 Å². The minimum Gasteiger partial charge on any atom is -0.478 e. The Kier molecular flexibility index (Phi) is 5.54. The fourth-order valence-electron chi connectivity index (χ4n) is 3.63. The normalized spacial score (nSPS) is 11.9. The van der Waals surface area contributed by atoms with Crippen molar-refractivity contribution >= 4 is 22.8 Å². The summed E-state index contributed by atoms with van der Waals surface area (Å²) in [4.78, 5) is 24.1. The second-order valence-corrected chi connectivity index (χ2v) is 7.44. The molecule has 2 N–H and O–H groups in total. The van der Waals surface area contributed by atoms with Crippen LogP contribution in [0.5, 0.6) is 0 Å². The Morgan fingerprint density at radius 1 is 1.00 bits per heavy atom.